The van der Waals surface area contributed by atoms with Crippen LogP contribution in [0.15, 0.2) is 80.3 Å². The van der Waals surface area contributed by atoms with E-state index in [-0.39, 0.29) is 4.90 Å². The van der Waals surface area contributed by atoms with Crippen molar-refractivity contribution in [1.82, 2.24) is 0 Å². The molecule has 23 heavy (non-hydrogen) atoms. The topological polar surface area (TPSA) is 46.5 Å². The second-order valence-corrected chi connectivity index (χ2v) is 8.79. The van der Waals surface area contributed by atoms with E-state index >= 15 is 0 Å². The van der Waals surface area contributed by atoms with Crippen LogP contribution in [0.5, 0.6) is 0 Å². The summed E-state index contributed by atoms with van der Waals surface area (Å²) < 4.78 is 28.9. The fourth-order valence-corrected chi connectivity index (χ4v) is 5.20. The molecule has 3 aromatic rings. The summed E-state index contributed by atoms with van der Waals surface area (Å²) in [7, 11) is -4.37. The van der Waals surface area contributed by atoms with Gasteiger partial charge in [0.1, 0.15) is 0 Å². The van der Waals surface area contributed by atoms with Gasteiger partial charge in [0.25, 0.3) is 10.0 Å². The first-order valence-corrected chi connectivity index (χ1v) is 10.2. The highest BCUT2D eigenvalue weighted by molar-refractivity contribution is 7.99. The molecule has 5 heteroatoms. The van der Waals surface area contributed by atoms with Gasteiger partial charge in [-0.1, -0.05) is 58.7 Å². The smallest absolute Gasteiger partial charge is 0.199 e. The molecule has 0 radical (unpaired) electrons. The first-order chi connectivity index (χ1) is 11.0. The van der Waals surface area contributed by atoms with E-state index in [0.29, 0.717) is 0 Å². The Morgan fingerprint density at radius 3 is 2.22 bits per heavy atom. The van der Waals surface area contributed by atoms with E-state index in [1.165, 1.54) is 0 Å². The monoisotopic (exact) mass is 343 g/mol. The first kappa shape index (κ1) is 15.9. The van der Waals surface area contributed by atoms with Crippen molar-refractivity contribution in [1.29, 1.82) is 0 Å². The summed E-state index contributed by atoms with van der Waals surface area (Å²) in [6.45, 7) is 1.92. The largest absolute Gasteiger partial charge is 0.288 e. The van der Waals surface area contributed by atoms with Crippen molar-refractivity contribution in [3.63, 3.8) is 0 Å². The van der Waals surface area contributed by atoms with Crippen molar-refractivity contribution in [2.75, 3.05) is 6.26 Å². The lowest BCUT2D eigenvalue weighted by atomic mass is 10.1. The third kappa shape index (κ3) is 3.51. The summed E-state index contributed by atoms with van der Waals surface area (Å²) in [6.07, 6.45) is 1.83. The second kappa shape index (κ2) is 6.26. The molecule has 0 saturated carbocycles. The van der Waals surface area contributed by atoms with Crippen molar-refractivity contribution in [2.24, 2.45) is 3.77 Å². The standard InChI is InChI=1S/C18H17NO2S2/c1-14-7-11-18(12-8-14)23(20,21)19-22(2)17-10-9-15-5-3-4-6-16(15)13-17/h3-13H,1-2H3. The minimum absolute atomic E-state index is 0.239. The zero-order valence-electron chi connectivity index (χ0n) is 12.9. The quantitative estimate of drug-likeness (QED) is 0.711. The number of hydrogen-bond donors (Lipinski definition) is 0. The Bertz CT molecular complexity index is 991. The summed E-state index contributed by atoms with van der Waals surface area (Å²) in [5.41, 5.74) is 1.02. The molecule has 0 aliphatic heterocycles. The number of sulfonamides is 1. The second-order valence-electron chi connectivity index (χ2n) is 5.35. The lowest BCUT2D eigenvalue weighted by molar-refractivity contribution is 0.598. The number of aryl methyl sites for hydroxylation is 1. The van der Waals surface area contributed by atoms with Crippen LogP contribution < -0.4 is 0 Å². The van der Waals surface area contributed by atoms with E-state index in [0.717, 1.165) is 21.2 Å². The highest BCUT2D eigenvalue weighted by Crippen LogP contribution is 2.20. The van der Waals surface area contributed by atoms with Crippen molar-refractivity contribution in [2.45, 2.75) is 16.7 Å². The molecular formula is C18H17NO2S2. The lowest BCUT2D eigenvalue weighted by Crippen LogP contribution is -2.00. The lowest BCUT2D eigenvalue weighted by Gasteiger charge is -2.06. The van der Waals surface area contributed by atoms with Gasteiger partial charge in [0.2, 0.25) is 0 Å². The molecule has 1 atom stereocenters. The maximum absolute atomic E-state index is 12.4. The number of fused-ring (bicyclic) bond motifs is 1. The predicted octanol–water partition coefficient (Wildman–Crippen LogP) is 4.33. The molecule has 3 rings (SSSR count). The molecule has 0 saturated heterocycles. The first-order valence-electron chi connectivity index (χ1n) is 7.15. The molecule has 118 valence electrons. The van der Waals surface area contributed by atoms with E-state index < -0.39 is 20.7 Å². The van der Waals surface area contributed by atoms with Crippen LogP contribution in [0.25, 0.3) is 10.8 Å². The highest BCUT2D eigenvalue weighted by atomic mass is 32.3. The molecule has 0 heterocycles. The third-order valence-corrected chi connectivity index (χ3v) is 7.07. The Morgan fingerprint density at radius 2 is 1.52 bits per heavy atom. The van der Waals surface area contributed by atoms with Crippen LogP contribution in [0.1, 0.15) is 5.56 Å². The normalized spacial score (nSPS) is 13.3. The maximum atomic E-state index is 12.4. The van der Waals surface area contributed by atoms with Crippen LogP contribution in [-0.4, -0.2) is 14.7 Å². The van der Waals surface area contributed by atoms with Crippen molar-refractivity contribution < 1.29 is 8.42 Å². The van der Waals surface area contributed by atoms with Crippen molar-refractivity contribution in [3.05, 3.63) is 72.3 Å². The van der Waals surface area contributed by atoms with Gasteiger partial charge >= 0.3 is 0 Å². The molecule has 0 fully saturated rings. The fourth-order valence-electron chi connectivity index (χ4n) is 2.29. The number of hydrogen-bond acceptors (Lipinski definition) is 2. The van der Waals surface area contributed by atoms with E-state index in [1.54, 1.807) is 24.3 Å². The van der Waals surface area contributed by atoms with Crippen molar-refractivity contribution >= 4 is 31.5 Å². The number of nitrogens with zero attached hydrogens (tertiary/aromatic N) is 1. The van der Waals surface area contributed by atoms with E-state index in [4.69, 9.17) is 0 Å². The van der Waals surface area contributed by atoms with E-state index in [2.05, 4.69) is 3.77 Å². The van der Waals surface area contributed by atoms with Crippen LogP contribution in [0.2, 0.25) is 0 Å². The number of rotatable bonds is 3. The summed E-state index contributed by atoms with van der Waals surface area (Å²) in [5.74, 6) is 0. The summed E-state index contributed by atoms with van der Waals surface area (Å²) in [6, 6.07) is 20.7. The summed E-state index contributed by atoms with van der Waals surface area (Å²) in [4.78, 5) is 1.16. The summed E-state index contributed by atoms with van der Waals surface area (Å²) in [5, 5.41) is 2.22. The fraction of sp³-hybridized carbons (Fsp3) is 0.111. The Labute approximate surface area is 139 Å². The molecule has 0 aliphatic rings. The van der Waals surface area contributed by atoms with E-state index in [9.17, 15) is 8.42 Å². The zero-order valence-corrected chi connectivity index (χ0v) is 14.6. The molecule has 0 amide bonds. The SMILES string of the molecule is Cc1ccc(S(=O)(=O)/N=S(\C)c2ccc3ccccc3c2)cc1. The van der Waals surface area contributed by atoms with Gasteiger partial charge < -0.3 is 0 Å². The molecule has 0 aromatic heterocycles. The molecule has 1 unspecified atom stereocenters. The van der Waals surface area contributed by atoms with E-state index in [1.807, 2.05) is 55.6 Å². The molecule has 0 N–H and O–H groups in total. The van der Waals surface area contributed by atoms with Crippen LogP contribution >= 0.6 is 0 Å². The summed E-state index contributed by atoms with van der Waals surface area (Å²) >= 11 is 0. The van der Waals surface area contributed by atoms with Gasteiger partial charge in [0, 0.05) is 4.90 Å². The Kier molecular flexibility index (Phi) is 4.33. The Hall–Kier alpha value is -1.98. The molecule has 3 nitrogen and oxygen atoms in total. The van der Waals surface area contributed by atoms with Crippen LogP contribution in [0.4, 0.5) is 0 Å². The van der Waals surface area contributed by atoms with Gasteiger partial charge in [-0.15, -0.1) is 3.77 Å². The van der Waals surface area contributed by atoms with Gasteiger partial charge in [0.05, 0.1) is 4.90 Å². The molecule has 0 spiro atoms. The maximum Gasteiger partial charge on any atom is 0.288 e. The molecule has 0 bridgehead atoms. The van der Waals surface area contributed by atoms with Gasteiger partial charge in [0.15, 0.2) is 0 Å². The highest BCUT2D eigenvalue weighted by Gasteiger charge is 2.13. The minimum atomic E-state index is -3.64. The molecular weight excluding hydrogens is 326 g/mol. The van der Waals surface area contributed by atoms with Gasteiger partial charge in [-0.3, -0.25) is 0 Å². The molecule has 0 aliphatic carbocycles. The van der Waals surface area contributed by atoms with Crippen LogP contribution in [-0.2, 0) is 20.7 Å². The van der Waals surface area contributed by atoms with Gasteiger partial charge in [-0.25, -0.2) is 0 Å². The van der Waals surface area contributed by atoms with Crippen LogP contribution in [0.3, 0.4) is 0 Å². The average molecular weight is 343 g/mol. The third-order valence-electron chi connectivity index (χ3n) is 3.59. The predicted molar refractivity (Wildman–Crippen MR) is 96.3 cm³/mol. The Balaban J connectivity index is 2.01. The Morgan fingerprint density at radius 1 is 0.870 bits per heavy atom. The zero-order chi connectivity index (χ0) is 16.4. The van der Waals surface area contributed by atoms with Crippen molar-refractivity contribution in [3.8, 4) is 0 Å². The van der Waals surface area contributed by atoms with Gasteiger partial charge in [-0.05, 0) is 48.2 Å². The minimum Gasteiger partial charge on any atom is -0.199 e. The average Bonchev–Trinajstić information content (AvgIpc) is 2.54. The molecule has 3 aromatic carbocycles. The number of benzene rings is 3. The van der Waals surface area contributed by atoms with Crippen LogP contribution in [0, 0.1) is 6.92 Å². The van der Waals surface area contributed by atoms with Gasteiger partial charge in [-0.2, -0.15) is 8.42 Å².